The third-order valence-electron chi connectivity index (χ3n) is 3.27. The van der Waals surface area contributed by atoms with E-state index >= 15 is 0 Å². The zero-order chi connectivity index (χ0) is 15.3. The first-order chi connectivity index (χ1) is 9.28. The van der Waals surface area contributed by atoms with Gasteiger partial charge in [0, 0.05) is 0 Å². The van der Waals surface area contributed by atoms with Crippen molar-refractivity contribution in [2.75, 3.05) is 0 Å². The fraction of sp³-hybridized carbons (Fsp3) is 0.462. The van der Waals surface area contributed by atoms with Gasteiger partial charge < -0.3 is 21.7 Å². The Morgan fingerprint density at radius 3 is 2.25 bits per heavy atom. The summed E-state index contributed by atoms with van der Waals surface area (Å²) in [7, 11) is 0. The SMILES string of the molecule is N[C@@H](CC1(C(=O)[C@@H](N)CC(=O)O)C=CC=CC1)C(=O)O. The first-order valence-corrected chi connectivity index (χ1v) is 6.13. The fourth-order valence-electron chi connectivity index (χ4n) is 2.23. The molecule has 0 aromatic rings. The minimum atomic E-state index is -1.22. The molecule has 1 aliphatic carbocycles. The average molecular weight is 282 g/mol. The van der Waals surface area contributed by atoms with Crippen LogP contribution in [0.3, 0.4) is 0 Å². The number of carboxylic acid groups (broad SMARTS) is 2. The Hall–Kier alpha value is -1.99. The van der Waals surface area contributed by atoms with Gasteiger partial charge >= 0.3 is 11.9 Å². The van der Waals surface area contributed by atoms with Gasteiger partial charge in [0.2, 0.25) is 0 Å². The van der Waals surface area contributed by atoms with Gasteiger partial charge in [-0.3, -0.25) is 14.4 Å². The number of ketones is 1. The molecule has 0 aliphatic heterocycles. The van der Waals surface area contributed by atoms with E-state index < -0.39 is 41.6 Å². The molecule has 1 rings (SSSR count). The van der Waals surface area contributed by atoms with Gasteiger partial charge in [0.15, 0.2) is 5.78 Å². The van der Waals surface area contributed by atoms with Gasteiger partial charge in [-0.1, -0.05) is 24.3 Å². The highest BCUT2D eigenvalue weighted by molar-refractivity contribution is 5.94. The van der Waals surface area contributed by atoms with Crippen LogP contribution in [0, 0.1) is 5.41 Å². The molecule has 6 N–H and O–H groups in total. The van der Waals surface area contributed by atoms with E-state index in [2.05, 4.69) is 0 Å². The van der Waals surface area contributed by atoms with Gasteiger partial charge in [0.1, 0.15) is 6.04 Å². The van der Waals surface area contributed by atoms with Crippen LogP contribution in [0.1, 0.15) is 19.3 Å². The van der Waals surface area contributed by atoms with Crippen LogP contribution in [0.4, 0.5) is 0 Å². The van der Waals surface area contributed by atoms with E-state index in [1.165, 1.54) is 0 Å². The number of hydrogen-bond donors (Lipinski definition) is 4. The summed E-state index contributed by atoms with van der Waals surface area (Å²) in [5.41, 5.74) is 9.96. The summed E-state index contributed by atoms with van der Waals surface area (Å²) in [6.45, 7) is 0. The summed E-state index contributed by atoms with van der Waals surface area (Å²) < 4.78 is 0. The van der Waals surface area contributed by atoms with E-state index in [0.29, 0.717) is 0 Å². The smallest absolute Gasteiger partial charge is 0.320 e. The second kappa shape index (κ2) is 6.44. The molecule has 1 unspecified atom stereocenters. The number of carbonyl (C=O) groups is 3. The first-order valence-electron chi connectivity index (χ1n) is 6.13. The van der Waals surface area contributed by atoms with Gasteiger partial charge in [0.25, 0.3) is 0 Å². The zero-order valence-electron chi connectivity index (χ0n) is 10.9. The molecule has 0 saturated carbocycles. The lowest BCUT2D eigenvalue weighted by Gasteiger charge is -2.33. The van der Waals surface area contributed by atoms with Gasteiger partial charge in [-0.25, -0.2) is 0 Å². The lowest BCUT2D eigenvalue weighted by molar-refractivity contribution is -0.142. The predicted octanol–water partition coefficient (Wildman–Crippen LogP) is -0.338. The maximum atomic E-state index is 12.4. The number of rotatable bonds is 7. The average Bonchev–Trinajstić information content (AvgIpc) is 2.37. The van der Waals surface area contributed by atoms with Gasteiger partial charge in [-0.05, 0) is 12.8 Å². The molecule has 110 valence electrons. The number of allylic oxidation sites excluding steroid dienone is 4. The van der Waals surface area contributed by atoms with E-state index in [1.54, 1.807) is 24.3 Å². The van der Waals surface area contributed by atoms with Crippen LogP contribution in [-0.4, -0.2) is 40.0 Å². The topological polar surface area (TPSA) is 144 Å². The first kappa shape index (κ1) is 16.1. The van der Waals surface area contributed by atoms with Crippen LogP contribution in [0.25, 0.3) is 0 Å². The van der Waals surface area contributed by atoms with E-state index in [1.807, 2.05) is 0 Å². The predicted molar refractivity (Wildman–Crippen MR) is 70.8 cm³/mol. The standard InChI is InChI=1S/C13H18N2O5/c14-8(6-10(16)17)11(18)13(4-2-1-3-5-13)7-9(15)12(19)20/h1-4,8-9H,5-7,14-15H2,(H,16,17)(H,19,20)/t8-,9-,13?/m0/s1. The van der Waals surface area contributed by atoms with Gasteiger partial charge in [-0.15, -0.1) is 0 Å². The fourth-order valence-corrected chi connectivity index (χ4v) is 2.23. The molecule has 1 aliphatic rings. The van der Waals surface area contributed by atoms with E-state index in [4.69, 9.17) is 21.7 Å². The van der Waals surface area contributed by atoms with Crippen LogP contribution in [0.2, 0.25) is 0 Å². The van der Waals surface area contributed by atoms with Crippen molar-refractivity contribution < 1.29 is 24.6 Å². The van der Waals surface area contributed by atoms with Crippen molar-refractivity contribution in [1.29, 1.82) is 0 Å². The minimum Gasteiger partial charge on any atom is -0.481 e. The third kappa shape index (κ3) is 3.75. The number of carboxylic acids is 2. The summed E-state index contributed by atoms with van der Waals surface area (Å²) in [5, 5.41) is 17.6. The molecular weight excluding hydrogens is 264 g/mol. The maximum absolute atomic E-state index is 12.4. The van der Waals surface area contributed by atoms with Crippen molar-refractivity contribution in [2.45, 2.75) is 31.3 Å². The molecule has 7 heteroatoms. The molecule has 20 heavy (non-hydrogen) atoms. The van der Waals surface area contributed by atoms with Crippen LogP contribution in [0.5, 0.6) is 0 Å². The largest absolute Gasteiger partial charge is 0.481 e. The van der Waals surface area contributed by atoms with Crippen LogP contribution in [-0.2, 0) is 14.4 Å². The Bertz CT molecular complexity index is 471. The highest BCUT2D eigenvalue weighted by Gasteiger charge is 2.41. The number of aliphatic carboxylic acids is 2. The minimum absolute atomic E-state index is 0.116. The number of carbonyl (C=O) groups excluding carboxylic acids is 1. The Balaban J connectivity index is 2.97. The summed E-state index contributed by atoms with van der Waals surface area (Å²) in [4.78, 5) is 33.9. The number of nitrogens with two attached hydrogens (primary N) is 2. The zero-order valence-corrected chi connectivity index (χ0v) is 10.9. The molecule has 0 saturated heterocycles. The van der Waals surface area contributed by atoms with Crippen LogP contribution < -0.4 is 11.5 Å². The van der Waals surface area contributed by atoms with Crippen molar-refractivity contribution >= 4 is 17.7 Å². The van der Waals surface area contributed by atoms with Crippen molar-refractivity contribution in [3.05, 3.63) is 24.3 Å². The molecule has 0 aromatic carbocycles. The Morgan fingerprint density at radius 2 is 1.80 bits per heavy atom. The molecule has 0 spiro atoms. The number of hydrogen-bond acceptors (Lipinski definition) is 5. The van der Waals surface area contributed by atoms with Crippen molar-refractivity contribution in [2.24, 2.45) is 16.9 Å². The molecule has 0 aromatic heterocycles. The van der Waals surface area contributed by atoms with E-state index in [-0.39, 0.29) is 12.8 Å². The van der Waals surface area contributed by atoms with Crippen molar-refractivity contribution in [3.8, 4) is 0 Å². The quantitative estimate of drug-likeness (QED) is 0.500. The highest BCUT2D eigenvalue weighted by atomic mass is 16.4. The van der Waals surface area contributed by atoms with Crippen LogP contribution >= 0.6 is 0 Å². The summed E-state index contributed by atoms with van der Waals surface area (Å²) in [6.07, 6.45) is 6.25. The van der Waals surface area contributed by atoms with Gasteiger partial charge in [-0.2, -0.15) is 0 Å². The summed E-state index contributed by atoms with van der Waals surface area (Å²) in [6, 6.07) is -2.41. The van der Waals surface area contributed by atoms with Crippen LogP contribution in [0.15, 0.2) is 24.3 Å². The third-order valence-corrected chi connectivity index (χ3v) is 3.27. The van der Waals surface area contributed by atoms with E-state index in [0.717, 1.165) is 0 Å². The Morgan fingerprint density at radius 1 is 1.15 bits per heavy atom. The lowest BCUT2D eigenvalue weighted by Crippen LogP contribution is -2.48. The second-order valence-electron chi connectivity index (χ2n) is 4.86. The molecule has 0 bridgehead atoms. The van der Waals surface area contributed by atoms with Crippen molar-refractivity contribution in [3.63, 3.8) is 0 Å². The molecule has 0 radical (unpaired) electrons. The molecule has 3 atom stereocenters. The molecule has 0 amide bonds. The number of Topliss-reactive ketones (excluding diaryl/α,β-unsaturated/α-hetero) is 1. The normalized spacial score (nSPS) is 24.1. The molecule has 0 heterocycles. The highest BCUT2D eigenvalue weighted by Crippen LogP contribution is 2.35. The van der Waals surface area contributed by atoms with Gasteiger partial charge in [0.05, 0.1) is 17.9 Å². The monoisotopic (exact) mass is 282 g/mol. The van der Waals surface area contributed by atoms with Crippen molar-refractivity contribution in [1.82, 2.24) is 0 Å². The Labute approximate surface area is 115 Å². The molecule has 0 fully saturated rings. The molecular formula is C13H18N2O5. The van der Waals surface area contributed by atoms with E-state index in [9.17, 15) is 14.4 Å². The maximum Gasteiger partial charge on any atom is 0.320 e. The Kier molecular flexibility index (Phi) is 5.18. The summed E-state index contributed by atoms with van der Waals surface area (Å²) >= 11 is 0. The lowest BCUT2D eigenvalue weighted by atomic mass is 9.71. The summed E-state index contributed by atoms with van der Waals surface area (Å²) in [5.74, 6) is -2.90. The molecule has 7 nitrogen and oxygen atoms in total. The second-order valence-corrected chi connectivity index (χ2v) is 4.86.